The first kappa shape index (κ1) is 13.8. The second-order valence-electron chi connectivity index (χ2n) is 4.55. The van der Waals surface area contributed by atoms with Gasteiger partial charge in [-0.2, -0.15) is 0 Å². The van der Waals surface area contributed by atoms with Crippen molar-refractivity contribution in [2.45, 2.75) is 20.0 Å². The van der Waals surface area contributed by atoms with Crippen molar-refractivity contribution in [1.29, 1.82) is 0 Å². The topological polar surface area (TPSA) is 42.2 Å². The molecule has 1 aromatic carbocycles. The van der Waals surface area contributed by atoms with Crippen molar-refractivity contribution in [3.8, 4) is 0 Å². The minimum Gasteiger partial charge on any atom is -0.399 e. The quantitative estimate of drug-likeness (QED) is 0.851. The summed E-state index contributed by atoms with van der Waals surface area (Å²) in [5.41, 5.74) is 8.92. The van der Waals surface area contributed by atoms with Gasteiger partial charge in [0.2, 0.25) is 0 Å². The first-order valence-corrected chi connectivity index (χ1v) is 6.71. The van der Waals surface area contributed by atoms with Gasteiger partial charge in [0.05, 0.1) is 0 Å². The molecule has 0 aliphatic carbocycles. The lowest BCUT2D eigenvalue weighted by atomic mass is 10.1. The van der Waals surface area contributed by atoms with E-state index in [0.717, 1.165) is 25.2 Å². The van der Waals surface area contributed by atoms with Crippen molar-refractivity contribution >= 4 is 17.3 Å². The maximum atomic E-state index is 6.03. The molecule has 2 N–H and O–H groups in total. The van der Waals surface area contributed by atoms with Gasteiger partial charge in [-0.3, -0.25) is 9.88 Å². The Morgan fingerprint density at radius 3 is 2.42 bits per heavy atom. The van der Waals surface area contributed by atoms with E-state index in [9.17, 15) is 0 Å². The van der Waals surface area contributed by atoms with Crippen LogP contribution < -0.4 is 5.73 Å². The summed E-state index contributed by atoms with van der Waals surface area (Å²) in [5, 5.41) is 0.690. The third-order valence-corrected chi connectivity index (χ3v) is 3.21. The molecular weight excluding hydrogens is 258 g/mol. The third kappa shape index (κ3) is 4.23. The molecule has 4 heteroatoms. The molecular formula is C15H18ClN3. The number of nitrogen functional groups attached to an aromatic ring is 1. The summed E-state index contributed by atoms with van der Waals surface area (Å²) in [5.74, 6) is 0. The molecule has 0 bridgehead atoms. The maximum Gasteiger partial charge on any atom is 0.0429 e. The van der Waals surface area contributed by atoms with E-state index in [-0.39, 0.29) is 0 Å². The molecule has 2 aromatic rings. The molecule has 0 aliphatic rings. The molecule has 0 amide bonds. The van der Waals surface area contributed by atoms with Crippen LogP contribution >= 0.6 is 11.6 Å². The number of nitrogens with two attached hydrogens (primary N) is 1. The van der Waals surface area contributed by atoms with Crippen molar-refractivity contribution in [3.63, 3.8) is 0 Å². The Kier molecular flexibility index (Phi) is 4.77. The van der Waals surface area contributed by atoms with Gasteiger partial charge in [-0.15, -0.1) is 0 Å². The van der Waals surface area contributed by atoms with E-state index in [1.165, 1.54) is 5.56 Å². The Balaban J connectivity index is 2.06. The predicted octanol–water partition coefficient (Wildman–Crippen LogP) is 3.34. The maximum absolute atomic E-state index is 6.03. The zero-order chi connectivity index (χ0) is 13.7. The van der Waals surface area contributed by atoms with Gasteiger partial charge in [0, 0.05) is 36.2 Å². The fraction of sp³-hybridized carbons (Fsp3) is 0.267. The van der Waals surface area contributed by atoms with Gasteiger partial charge < -0.3 is 5.73 Å². The molecule has 2 rings (SSSR count). The van der Waals surface area contributed by atoms with Crippen LogP contribution in [0, 0.1) is 0 Å². The molecule has 1 heterocycles. The highest BCUT2D eigenvalue weighted by Crippen LogP contribution is 2.18. The van der Waals surface area contributed by atoms with E-state index in [1.807, 2.05) is 36.7 Å². The molecule has 19 heavy (non-hydrogen) atoms. The molecule has 3 nitrogen and oxygen atoms in total. The summed E-state index contributed by atoms with van der Waals surface area (Å²) < 4.78 is 0. The second-order valence-corrected chi connectivity index (χ2v) is 4.99. The summed E-state index contributed by atoms with van der Waals surface area (Å²) in [6.07, 6.45) is 3.64. The van der Waals surface area contributed by atoms with Crippen LogP contribution in [0.5, 0.6) is 0 Å². The summed E-state index contributed by atoms with van der Waals surface area (Å²) in [4.78, 5) is 6.37. The Labute approximate surface area is 119 Å². The second kappa shape index (κ2) is 6.55. The Hall–Kier alpha value is -1.58. The van der Waals surface area contributed by atoms with Crippen LogP contribution in [-0.4, -0.2) is 16.4 Å². The lowest BCUT2D eigenvalue weighted by molar-refractivity contribution is 0.271. The number of pyridine rings is 1. The van der Waals surface area contributed by atoms with Crippen molar-refractivity contribution in [2.75, 3.05) is 12.3 Å². The van der Waals surface area contributed by atoms with E-state index >= 15 is 0 Å². The molecule has 0 saturated carbocycles. The van der Waals surface area contributed by atoms with E-state index in [1.54, 1.807) is 6.07 Å². The molecule has 0 saturated heterocycles. The summed E-state index contributed by atoms with van der Waals surface area (Å²) in [6, 6.07) is 9.78. The van der Waals surface area contributed by atoms with Crippen LogP contribution in [0.1, 0.15) is 18.1 Å². The lowest BCUT2D eigenvalue weighted by Gasteiger charge is -2.20. The van der Waals surface area contributed by atoms with Gasteiger partial charge >= 0.3 is 0 Å². The number of anilines is 1. The average molecular weight is 276 g/mol. The SMILES string of the molecule is CCN(Cc1ccncc1)Cc1cc(N)cc(Cl)c1. The Morgan fingerprint density at radius 1 is 1.11 bits per heavy atom. The van der Waals surface area contributed by atoms with Crippen molar-refractivity contribution in [3.05, 3.63) is 58.9 Å². The van der Waals surface area contributed by atoms with Gasteiger partial charge in [-0.1, -0.05) is 18.5 Å². The molecule has 0 fully saturated rings. The predicted molar refractivity (Wildman–Crippen MR) is 79.9 cm³/mol. The minimum absolute atomic E-state index is 0.690. The highest BCUT2D eigenvalue weighted by molar-refractivity contribution is 6.30. The smallest absolute Gasteiger partial charge is 0.0429 e. The van der Waals surface area contributed by atoms with Gasteiger partial charge in [-0.05, 0) is 48.0 Å². The van der Waals surface area contributed by atoms with Crippen molar-refractivity contribution < 1.29 is 0 Å². The van der Waals surface area contributed by atoms with E-state index in [0.29, 0.717) is 10.7 Å². The molecule has 0 aliphatic heterocycles. The molecule has 0 spiro atoms. The normalized spacial score (nSPS) is 10.9. The zero-order valence-corrected chi connectivity index (χ0v) is 11.8. The van der Waals surface area contributed by atoms with Gasteiger partial charge in [-0.25, -0.2) is 0 Å². The summed E-state index contributed by atoms with van der Waals surface area (Å²) >= 11 is 6.03. The highest BCUT2D eigenvalue weighted by atomic mass is 35.5. The van der Waals surface area contributed by atoms with E-state index in [4.69, 9.17) is 17.3 Å². The molecule has 1 aromatic heterocycles. The number of benzene rings is 1. The number of hydrogen-bond acceptors (Lipinski definition) is 3. The van der Waals surface area contributed by atoms with E-state index < -0.39 is 0 Å². The van der Waals surface area contributed by atoms with Crippen molar-refractivity contribution in [2.24, 2.45) is 0 Å². The fourth-order valence-electron chi connectivity index (χ4n) is 2.05. The molecule has 0 atom stereocenters. The molecule has 0 unspecified atom stereocenters. The Morgan fingerprint density at radius 2 is 1.79 bits per heavy atom. The monoisotopic (exact) mass is 275 g/mol. The highest BCUT2D eigenvalue weighted by Gasteiger charge is 2.06. The molecule has 0 radical (unpaired) electrons. The number of halogens is 1. The largest absolute Gasteiger partial charge is 0.399 e. The number of nitrogens with zero attached hydrogens (tertiary/aromatic N) is 2. The van der Waals surface area contributed by atoms with Crippen LogP contribution in [0.4, 0.5) is 5.69 Å². The number of rotatable bonds is 5. The first-order valence-electron chi connectivity index (χ1n) is 6.33. The van der Waals surface area contributed by atoms with Gasteiger partial charge in [0.1, 0.15) is 0 Å². The Bertz CT molecular complexity index is 508. The van der Waals surface area contributed by atoms with E-state index in [2.05, 4.69) is 16.8 Å². The van der Waals surface area contributed by atoms with Crippen molar-refractivity contribution in [1.82, 2.24) is 9.88 Å². The van der Waals surface area contributed by atoms with Gasteiger partial charge in [0.15, 0.2) is 0 Å². The number of aromatic nitrogens is 1. The van der Waals surface area contributed by atoms with Crippen LogP contribution in [0.3, 0.4) is 0 Å². The molecule has 100 valence electrons. The van der Waals surface area contributed by atoms with Crippen LogP contribution in [-0.2, 0) is 13.1 Å². The van der Waals surface area contributed by atoms with Crippen LogP contribution in [0.15, 0.2) is 42.7 Å². The minimum atomic E-state index is 0.690. The summed E-state index contributed by atoms with van der Waals surface area (Å²) in [6.45, 7) is 4.85. The first-order chi connectivity index (χ1) is 9.17. The number of hydrogen-bond donors (Lipinski definition) is 1. The lowest BCUT2D eigenvalue weighted by Crippen LogP contribution is -2.22. The van der Waals surface area contributed by atoms with Crippen LogP contribution in [0.25, 0.3) is 0 Å². The third-order valence-electron chi connectivity index (χ3n) is 2.99. The van der Waals surface area contributed by atoms with Gasteiger partial charge in [0.25, 0.3) is 0 Å². The average Bonchev–Trinajstić information content (AvgIpc) is 2.38. The fourth-order valence-corrected chi connectivity index (χ4v) is 2.32. The zero-order valence-electron chi connectivity index (χ0n) is 11.0. The summed E-state index contributed by atoms with van der Waals surface area (Å²) in [7, 11) is 0. The standard InChI is InChI=1S/C15H18ClN3/c1-2-19(10-12-3-5-18-6-4-12)11-13-7-14(16)9-15(17)8-13/h3-9H,2,10-11,17H2,1H3. The van der Waals surface area contributed by atoms with Crippen LogP contribution in [0.2, 0.25) is 5.02 Å².